The molecule has 0 aromatic heterocycles. The molecule has 0 bridgehead atoms. The number of rotatable bonds is 3. The SMILES string of the molecule is Cc1ccc(CN)cc1NC(=O)C1CCCC1. The third-order valence-corrected chi connectivity index (χ3v) is 3.52. The Morgan fingerprint density at radius 3 is 2.76 bits per heavy atom. The lowest BCUT2D eigenvalue weighted by Gasteiger charge is -2.13. The van der Waals surface area contributed by atoms with Crippen molar-refractivity contribution in [2.24, 2.45) is 11.7 Å². The third kappa shape index (κ3) is 2.86. The van der Waals surface area contributed by atoms with Crippen molar-refractivity contribution in [3.63, 3.8) is 0 Å². The summed E-state index contributed by atoms with van der Waals surface area (Å²) in [5.41, 5.74) is 8.66. The second-order valence-electron chi connectivity index (χ2n) is 4.82. The van der Waals surface area contributed by atoms with E-state index in [2.05, 4.69) is 5.32 Å². The Kier molecular flexibility index (Phi) is 3.79. The summed E-state index contributed by atoms with van der Waals surface area (Å²) in [6.45, 7) is 2.51. The molecular formula is C14H20N2O. The van der Waals surface area contributed by atoms with Gasteiger partial charge in [-0.15, -0.1) is 0 Å². The summed E-state index contributed by atoms with van der Waals surface area (Å²) in [6.07, 6.45) is 4.42. The molecule has 1 aromatic rings. The number of benzene rings is 1. The van der Waals surface area contributed by atoms with Crippen molar-refractivity contribution < 1.29 is 4.79 Å². The molecule has 0 atom stereocenters. The Labute approximate surface area is 102 Å². The number of hydrogen-bond donors (Lipinski definition) is 2. The van der Waals surface area contributed by atoms with Crippen LogP contribution in [0.15, 0.2) is 18.2 Å². The zero-order valence-electron chi connectivity index (χ0n) is 10.3. The van der Waals surface area contributed by atoms with Crippen LogP contribution in [0.4, 0.5) is 5.69 Å². The number of anilines is 1. The maximum atomic E-state index is 12.0. The zero-order valence-corrected chi connectivity index (χ0v) is 10.3. The molecule has 1 fully saturated rings. The van der Waals surface area contributed by atoms with Crippen LogP contribution in [0.25, 0.3) is 0 Å². The van der Waals surface area contributed by atoms with E-state index in [1.54, 1.807) is 0 Å². The Morgan fingerprint density at radius 2 is 2.12 bits per heavy atom. The molecule has 1 amide bonds. The van der Waals surface area contributed by atoms with Crippen molar-refractivity contribution in [1.82, 2.24) is 0 Å². The van der Waals surface area contributed by atoms with Crippen LogP contribution in [0.5, 0.6) is 0 Å². The first-order valence-electron chi connectivity index (χ1n) is 6.31. The van der Waals surface area contributed by atoms with Gasteiger partial charge in [0, 0.05) is 18.2 Å². The third-order valence-electron chi connectivity index (χ3n) is 3.52. The van der Waals surface area contributed by atoms with E-state index in [-0.39, 0.29) is 11.8 Å². The summed E-state index contributed by atoms with van der Waals surface area (Å²) in [5, 5.41) is 3.03. The first-order chi connectivity index (χ1) is 8.20. The van der Waals surface area contributed by atoms with Gasteiger partial charge >= 0.3 is 0 Å². The lowest BCUT2D eigenvalue weighted by molar-refractivity contribution is -0.119. The summed E-state index contributed by atoms with van der Waals surface area (Å²) in [4.78, 5) is 12.0. The average Bonchev–Trinajstić information content (AvgIpc) is 2.85. The predicted octanol–water partition coefficient (Wildman–Crippen LogP) is 2.58. The molecule has 0 unspecified atom stereocenters. The molecule has 0 aliphatic heterocycles. The fourth-order valence-electron chi connectivity index (χ4n) is 2.35. The van der Waals surface area contributed by atoms with E-state index in [9.17, 15) is 4.79 Å². The first kappa shape index (κ1) is 12.1. The first-order valence-corrected chi connectivity index (χ1v) is 6.31. The van der Waals surface area contributed by atoms with Crippen LogP contribution in [0.1, 0.15) is 36.8 Å². The van der Waals surface area contributed by atoms with Crippen LogP contribution in [-0.2, 0) is 11.3 Å². The Morgan fingerprint density at radius 1 is 1.41 bits per heavy atom. The van der Waals surface area contributed by atoms with Crippen LogP contribution in [0, 0.1) is 12.8 Å². The minimum Gasteiger partial charge on any atom is -0.326 e. The van der Waals surface area contributed by atoms with Gasteiger partial charge in [0.2, 0.25) is 5.91 Å². The molecule has 3 N–H and O–H groups in total. The standard InChI is InChI=1S/C14H20N2O/c1-10-6-7-11(9-15)8-13(10)16-14(17)12-4-2-3-5-12/h6-8,12H,2-5,9,15H2,1H3,(H,16,17). The van der Waals surface area contributed by atoms with E-state index in [1.165, 1.54) is 12.8 Å². The van der Waals surface area contributed by atoms with E-state index < -0.39 is 0 Å². The highest BCUT2D eigenvalue weighted by molar-refractivity contribution is 5.93. The predicted molar refractivity (Wildman–Crippen MR) is 69.7 cm³/mol. The molecule has 1 saturated carbocycles. The van der Waals surface area contributed by atoms with Crippen LogP contribution in [-0.4, -0.2) is 5.91 Å². The van der Waals surface area contributed by atoms with Crippen molar-refractivity contribution in [3.8, 4) is 0 Å². The molecule has 1 aliphatic carbocycles. The maximum absolute atomic E-state index is 12.0. The lowest BCUT2D eigenvalue weighted by Crippen LogP contribution is -2.21. The van der Waals surface area contributed by atoms with Crippen LogP contribution < -0.4 is 11.1 Å². The molecule has 3 heteroatoms. The minimum atomic E-state index is 0.166. The maximum Gasteiger partial charge on any atom is 0.227 e. The highest BCUT2D eigenvalue weighted by Gasteiger charge is 2.22. The smallest absolute Gasteiger partial charge is 0.227 e. The summed E-state index contributed by atoms with van der Waals surface area (Å²) in [5.74, 6) is 0.371. The number of carbonyl (C=O) groups excluding carboxylic acids is 1. The highest BCUT2D eigenvalue weighted by Crippen LogP contribution is 2.26. The lowest BCUT2D eigenvalue weighted by atomic mass is 10.1. The molecule has 0 spiro atoms. The van der Waals surface area contributed by atoms with E-state index in [0.29, 0.717) is 6.54 Å². The number of nitrogens with two attached hydrogens (primary N) is 1. The molecule has 1 aromatic carbocycles. The van der Waals surface area contributed by atoms with Gasteiger partial charge in [0.15, 0.2) is 0 Å². The van der Waals surface area contributed by atoms with Gasteiger partial charge in [-0.05, 0) is 37.0 Å². The topological polar surface area (TPSA) is 55.1 Å². The molecule has 2 rings (SSSR count). The Bertz CT molecular complexity index is 409. The summed E-state index contributed by atoms with van der Waals surface area (Å²) in [7, 11) is 0. The van der Waals surface area contributed by atoms with Crippen LogP contribution >= 0.6 is 0 Å². The molecule has 17 heavy (non-hydrogen) atoms. The van der Waals surface area contributed by atoms with Gasteiger partial charge in [-0.25, -0.2) is 0 Å². The quantitative estimate of drug-likeness (QED) is 0.841. The molecule has 0 radical (unpaired) electrons. The molecule has 3 nitrogen and oxygen atoms in total. The largest absolute Gasteiger partial charge is 0.326 e. The fourth-order valence-corrected chi connectivity index (χ4v) is 2.35. The van der Waals surface area contributed by atoms with Gasteiger partial charge in [-0.3, -0.25) is 4.79 Å². The fraction of sp³-hybridized carbons (Fsp3) is 0.500. The van der Waals surface area contributed by atoms with Crippen molar-refractivity contribution >= 4 is 11.6 Å². The number of hydrogen-bond acceptors (Lipinski definition) is 2. The summed E-state index contributed by atoms with van der Waals surface area (Å²) < 4.78 is 0. The van der Waals surface area contributed by atoms with Crippen LogP contribution in [0.2, 0.25) is 0 Å². The second-order valence-corrected chi connectivity index (χ2v) is 4.82. The van der Waals surface area contributed by atoms with Gasteiger partial charge < -0.3 is 11.1 Å². The van der Waals surface area contributed by atoms with E-state index in [1.807, 2.05) is 25.1 Å². The van der Waals surface area contributed by atoms with Crippen molar-refractivity contribution in [2.45, 2.75) is 39.2 Å². The minimum absolute atomic E-state index is 0.166. The molecular weight excluding hydrogens is 212 g/mol. The normalized spacial score (nSPS) is 16.1. The number of carbonyl (C=O) groups is 1. The van der Waals surface area contributed by atoms with E-state index in [0.717, 1.165) is 29.7 Å². The molecule has 0 heterocycles. The van der Waals surface area contributed by atoms with Crippen LogP contribution in [0.3, 0.4) is 0 Å². The molecule has 0 saturated heterocycles. The summed E-state index contributed by atoms with van der Waals surface area (Å²) >= 11 is 0. The molecule has 1 aliphatic rings. The van der Waals surface area contributed by atoms with E-state index >= 15 is 0 Å². The van der Waals surface area contributed by atoms with Gasteiger partial charge in [0.25, 0.3) is 0 Å². The Hall–Kier alpha value is -1.35. The van der Waals surface area contributed by atoms with Gasteiger partial charge in [-0.2, -0.15) is 0 Å². The number of amides is 1. The number of aryl methyl sites for hydroxylation is 1. The van der Waals surface area contributed by atoms with Gasteiger partial charge in [0.1, 0.15) is 0 Å². The van der Waals surface area contributed by atoms with Gasteiger partial charge in [0.05, 0.1) is 0 Å². The second kappa shape index (κ2) is 5.32. The van der Waals surface area contributed by atoms with Crippen molar-refractivity contribution in [3.05, 3.63) is 29.3 Å². The van der Waals surface area contributed by atoms with Gasteiger partial charge in [-0.1, -0.05) is 25.0 Å². The Balaban J connectivity index is 2.09. The molecule has 92 valence electrons. The van der Waals surface area contributed by atoms with Crippen molar-refractivity contribution in [1.29, 1.82) is 0 Å². The zero-order chi connectivity index (χ0) is 12.3. The monoisotopic (exact) mass is 232 g/mol. The highest BCUT2D eigenvalue weighted by atomic mass is 16.1. The average molecular weight is 232 g/mol. The summed E-state index contributed by atoms with van der Waals surface area (Å²) in [6, 6.07) is 5.98. The van der Waals surface area contributed by atoms with Crippen molar-refractivity contribution in [2.75, 3.05) is 5.32 Å². The van der Waals surface area contributed by atoms with E-state index in [4.69, 9.17) is 5.73 Å². The number of nitrogens with one attached hydrogen (secondary N) is 1.